The lowest BCUT2D eigenvalue weighted by atomic mass is 9.98. The average molecular weight is 365 g/mol. The van der Waals surface area contributed by atoms with E-state index in [4.69, 9.17) is 0 Å². The molecular weight excluding hydrogens is 341 g/mol. The summed E-state index contributed by atoms with van der Waals surface area (Å²) < 4.78 is 14.8. The molecule has 140 valence electrons. The van der Waals surface area contributed by atoms with E-state index >= 15 is 0 Å². The number of halogens is 1. The van der Waals surface area contributed by atoms with Gasteiger partial charge >= 0.3 is 0 Å². The number of aromatic nitrogens is 2. The van der Waals surface area contributed by atoms with Gasteiger partial charge in [-0.15, -0.1) is 0 Å². The summed E-state index contributed by atoms with van der Waals surface area (Å²) in [6.07, 6.45) is 0.861. The number of hydrogen-bond donors (Lipinski definition) is 1. The largest absolute Gasteiger partial charge is 0.352 e. The third-order valence-electron chi connectivity index (χ3n) is 4.82. The van der Waals surface area contributed by atoms with E-state index in [9.17, 15) is 9.18 Å². The lowest BCUT2D eigenvalue weighted by Gasteiger charge is -2.12. The van der Waals surface area contributed by atoms with Gasteiger partial charge in [0.05, 0.1) is 22.6 Å². The first-order chi connectivity index (χ1) is 13.0. The predicted octanol–water partition coefficient (Wildman–Crippen LogP) is 4.55. The standard InChI is InChI=1S/C22H24FN3O/c1-15(18-7-5-4-6-8-18)13-14-24-22(27)21-16(2)25-26(17(21)3)20-11-9-19(23)10-12-20/h4-12,15H,13-14H2,1-3H3,(H,24,27). The van der Waals surface area contributed by atoms with E-state index in [2.05, 4.69) is 29.5 Å². The lowest BCUT2D eigenvalue weighted by molar-refractivity contribution is 0.0951. The molecular formula is C22H24FN3O. The molecule has 0 saturated carbocycles. The van der Waals surface area contributed by atoms with E-state index < -0.39 is 0 Å². The van der Waals surface area contributed by atoms with Gasteiger partial charge < -0.3 is 5.32 Å². The number of hydrogen-bond acceptors (Lipinski definition) is 2. The van der Waals surface area contributed by atoms with Crippen LogP contribution in [0.25, 0.3) is 5.69 Å². The van der Waals surface area contributed by atoms with Gasteiger partial charge in [0.2, 0.25) is 0 Å². The van der Waals surface area contributed by atoms with Gasteiger partial charge in [0.25, 0.3) is 5.91 Å². The Balaban J connectivity index is 1.67. The van der Waals surface area contributed by atoms with Crippen molar-refractivity contribution in [3.05, 3.63) is 82.9 Å². The van der Waals surface area contributed by atoms with Crippen LogP contribution >= 0.6 is 0 Å². The minimum Gasteiger partial charge on any atom is -0.352 e. The summed E-state index contributed by atoms with van der Waals surface area (Å²) in [4.78, 5) is 12.7. The van der Waals surface area contributed by atoms with Crippen LogP contribution in [0.15, 0.2) is 54.6 Å². The van der Waals surface area contributed by atoms with E-state index in [0.29, 0.717) is 23.7 Å². The molecule has 3 rings (SSSR count). The van der Waals surface area contributed by atoms with Crippen molar-refractivity contribution in [1.29, 1.82) is 0 Å². The van der Waals surface area contributed by atoms with Gasteiger partial charge in [-0.1, -0.05) is 37.3 Å². The molecule has 0 radical (unpaired) electrons. The lowest BCUT2D eigenvalue weighted by Crippen LogP contribution is -2.26. The van der Waals surface area contributed by atoms with Crippen molar-refractivity contribution in [3.63, 3.8) is 0 Å². The number of carbonyl (C=O) groups excluding carboxylic acids is 1. The third-order valence-corrected chi connectivity index (χ3v) is 4.82. The van der Waals surface area contributed by atoms with E-state index in [-0.39, 0.29) is 11.7 Å². The molecule has 5 heteroatoms. The molecule has 0 spiro atoms. The van der Waals surface area contributed by atoms with Crippen LogP contribution in [0.5, 0.6) is 0 Å². The Bertz CT molecular complexity index is 917. The first kappa shape index (κ1) is 18.8. The predicted molar refractivity (Wildman–Crippen MR) is 105 cm³/mol. The molecule has 1 atom stereocenters. The Morgan fingerprint density at radius 2 is 1.78 bits per heavy atom. The summed E-state index contributed by atoms with van der Waals surface area (Å²) in [5, 5.41) is 7.46. The molecule has 1 unspecified atom stereocenters. The molecule has 0 bridgehead atoms. The topological polar surface area (TPSA) is 46.9 Å². The fraction of sp³-hybridized carbons (Fsp3) is 0.273. The van der Waals surface area contributed by atoms with Crippen molar-refractivity contribution in [2.75, 3.05) is 6.54 Å². The van der Waals surface area contributed by atoms with Crippen molar-refractivity contribution in [2.24, 2.45) is 0 Å². The fourth-order valence-electron chi connectivity index (χ4n) is 3.24. The van der Waals surface area contributed by atoms with Crippen molar-refractivity contribution < 1.29 is 9.18 Å². The number of nitrogens with zero attached hydrogens (tertiary/aromatic N) is 2. The molecule has 0 fully saturated rings. The summed E-state index contributed by atoms with van der Waals surface area (Å²) in [5.41, 5.74) is 3.97. The second kappa shape index (κ2) is 8.16. The maximum absolute atomic E-state index is 13.1. The van der Waals surface area contributed by atoms with Gasteiger partial charge in [0.15, 0.2) is 0 Å². The zero-order chi connectivity index (χ0) is 19.4. The van der Waals surface area contributed by atoms with Crippen LogP contribution in [0.1, 0.15) is 46.6 Å². The van der Waals surface area contributed by atoms with Gasteiger partial charge in [-0.3, -0.25) is 4.79 Å². The second-order valence-electron chi connectivity index (χ2n) is 6.79. The minimum absolute atomic E-state index is 0.126. The van der Waals surface area contributed by atoms with Crippen LogP contribution in [0.4, 0.5) is 4.39 Å². The Hall–Kier alpha value is -2.95. The molecule has 3 aromatic rings. The first-order valence-electron chi connectivity index (χ1n) is 9.12. The van der Waals surface area contributed by atoms with Crippen molar-refractivity contribution in [2.45, 2.75) is 33.1 Å². The highest BCUT2D eigenvalue weighted by Gasteiger charge is 2.19. The number of nitrogens with one attached hydrogen (secondary N) is 1. The quantitative estimate of drug-likeness (QED) is 0.696. The smallest absolute Gasteiger partial charge is 0.255 e. The van der Waals surface area contributed by atoms with Crippen LogP contribution in [0.3, 0.4) is 0 Å². The summed E-state index contributed by atoms with van der Waals surface area (Å²) in [7, 11) is 0. The number of aryl methyl sites for hydroxylation is 1. The molecule has 1 heterocycles. The highest BCUT2D eigenvalue weighted by molar-refractivity contribution is 5.96. The maximum atomic E-state index is 13.1. The summed E-state index contributed by atoms with van der Waals surface area (Å²) in [6.45, 7) is 6.42. The number of carbonyl (C=O) groups is 1. The Labute approximate surface area is 159 Å². The Morgan fingerprint density at radius 1 is 1.11 bits per heavy atom. The highest BCUT2D eigenvalue weighted by Crippen LogP contribution is 2.20. The molecule has 1 N–H and O–H groups in total. The molecule has 1 aromatic heterocycles. The zero-order valence-electron chi connectivity index (χ0n) is 15.9. The van der Waals surface area contributed by atoms with Crippen molar-refractivity contribution in [3.8, 4) is 5.69 Å². The van der Waals surface area contributed by atoms with E-state index in [1.165, 1.54) is 17.7 Å². The SMILES string of the molecule is Cc1nn(-c2ccc(F)cc2)c(C)c1C(=O)NCCC(C)c1ccccc1. The van der Waals surface area contributed by atoms with Crippen LogP contribution in [0, 0.1) is 19.7 Å². The first-order valence-corrected chi connectivity index (χ1v) is 9.12. The highest BCUT2D eigenvalue weighted by atomic mass is 19.1. The van der Waals surface area contributed by atoms with Gasteiger partial charge in [-0.05, 0) is 56.0 Å². The van der Waals surface area contributed by atoms with Gasteiger partial charge in [0.1, 0.15) is 5.82 Å². The Kier molecular flexibility index (Phi) is 5.69. The number of rotatable bonds is 6. The number of amides is 1. The van der Waals surface area contributed by atoms with E-state index in [1.54, 1.807) is 16.8 Å². The Morgan fingerprint density at radius 3 is 2.44 bits per heavy atom. The minimum atomic E-state index is -0.300. The molecule has 2 aromatic carbocycles. The normalized spacial score (nSPS) is 12.0. The zero-order valence-corrected chi connectivity index (χ0v) is 15.9. The summed E-state index contributed by atoms with van der Waals surface area (Å²) >= 11 is 0. The van der Waals surface area contributed by atoms with Crippen molar-refractivity contribution >= 4 is 5.91 Å². The average Bonchev–Trinajstić information content (AvgIpc) is 2.97. The molecule has 0 aliphatic heterocycles. The molecule has 0 aliphatic carbocycles. The van der Waals surface area contributed by atoms with Gasteiger partial charge in [-0.25, -0.2) is 9.07 Å². The third kappa shape index (κ3) is 4.25. The van der Waals surface area contributed by atoms with Crippen LogP contribution in [-0.2, 0) is 0 Å². The maximum Gasteiger partial charge on any atom is 0.255 e. The summed E-state index contributed by atoms with van der Waals surface area (Å²) in [5.74, 6) is -0.0555. The molecule has 0 saturated heterocycles. The summed E-state index contributed by atoms with van der Waals surface area (Å²) in [6, 6.07) is 16.3. The molecule has 27 heavy (non-hydrogen) atoms. The van der Waals surface area contributed by atoms with Gasteiger partial charge in [-0.2, -0.15) is 5.10 Å². The molecule has 4 nitrogen and oxygen atoms in total. The van der Waals surface area contributed by atoms with Crippen LogP contribution in [-0.4, -0.2) is 22.2 Å². The van der Waals surface area contributed by atoms with E-state index in [0.717, 1.165) is 17.8 Å². The van der Waals surface area contributed by atoms with Gasteiger partial charge in [0, 0.05) is 6.54 Å². The second-order valence-corrected chi connectivity index (χ2v) is 6.79. The van der Waals surface area contributed by atoms with Crippen molar-refractivity contribution in [1.82, 2.24) is 15.1 Å². The molecule has 0 aliphatic rings. The monoisotopic (exact) mass is 365 g/mol. The number of benzene rings is 2. The van der Waals surface area contributed by atoms with E-state index in [1.807, 2.05) is 32.0 Å². The van der Waals surface area contributed by atoms with Crippen LogP contribution in [0.2, 0.25) is 0 Å². The fourth-order valence-corrected chi connectivity index (χ4v) is 3.24. The van der Waals surface area contributed by atoms with Crippen LogP contribution < -0.4 is 5.32 Å². The molecule has 1 amide bonds.